The summed E-state index contributed by atoms with van der Waals surface area (Å²) >= 11 is 0. The van der Waals surface area contributed by atoms with Gasteiger partial charge < -0.3 is 14.6 Å². The molecule has 0 fully saturated rings. The van der Waals surface area contributed by atoms with Crippen LogP contribution in [0.5, 0.6) is 5.75 Å². The lowest BCUT2D eigenvalue weighted by Crippen LogP contribution is -2.44. The van der Waals surface area contributed by atoms with E-state index in [1.54, 1.807) is 14.2 Å². The number of rotatable bonds is 7. The molecule has 1 N–H and O–H groups in total. The first kappa shape index (κ1) is 15.0. The van der Waals surface area contributed by atoms with E-state index in [0.29, 0.717) is 6.42 Å². The average molecular weight is 252 g/mol. The van der Waals surface area contributed by atoms with Gasteiger partial charge in [-0.3, -0.25) is 0 Å². The van der Waals surface area contributed by atoms with Gasteiger partial charge in [-0.05, 0) is 30.5 Å². The minimum Gasteiger partial charge on any atom is -0.497 e. The van der Waals surface area contributed by atoms with E-state index in [1.165, 1.54) is 0 Å². The molecular formula is C15H24O3. The lowest BCUT2D eigenvalue weighted by atomic mass is 9.86. The first-order chi connectivity index (χ1) is 8.61. The van der Waals surface area contributed by atoms with Gasteiger partial charge in [0.05, 0.1) is 18.8 Å². The fourth-order valence-corrected chi connectivity index (χ4v) is 2.35. The maximum absolute atomic E-state index is 10.4. The third-order valence-electron chi connectivity index (χ3n) is 3.77. The van der Waals surface area contributed by atoms with E-state index in [9.17, 15) is 5.11 Å². The van der Waals surface area contributed by atoms with Crippen molar-refractivity contribution in [2.24, 2.45) is 0 Å². The third-order valence-corrected chi connectivity index (χ3v) is 3.77. The average Bonchev–Trinajstić information content (AvgIpc) is 2.41. The number of aliphatic hydroxyl groups excluding tert-OH is 1. The van der Waals surface area contributed by atoms with Crippen LogP contribution in [0, 0.1) is 0 Å². The number of benzene rings is 1. The quantitative estimate of drug-likeness (QED) is 0.811. The van der Waals surface area contributed by atoms with Crippen molar-refractivity contribution in [3.05, 3.63) is 29.8 Å². The zero-order chi connectivity index (χ0) is 13.6. The molecule has 0 heterocycles. The Morgan fingerprint density at radius 3 is 2.39 bits per heavy atom. The third kappa shape index (κ3) is 3.24. The van der Waals surface area contributed by atoms with Gasteiger partial charge in [-0.25, -0.2) is 0 Å². The van der Waals surface area contributed by atoms with Crippen molar-refractivity contribution in [3.63, 3.8) is 0 Å². The highest BCUT2D eigenvalue weighted by atomic mass is 16.5. The molecule has 1 aromatic carbocycles. The molecule has 0 amide bonds. The van der Waals surface area contributed by atoms with Crippen LogP contribution >= 0.6 is 0 Å². The molecule has 0 aliphatic rings. The Kier molecular flexibility index (Phi) is 5.63. The van der Waals surface area contributed by atoms with Gasteiger partial charge in [0, 0.05) is 13.5 Å². The second-order valence-corrected chi connectivity index (χ2v) is 4.55. The van der Waals surface area contributed by atoms with Gasteiger partial charge in [0.25, 0.3) is 0 Å². The van der Waals surface area contributed by atoms with Crippen molar-refractivity contribution >= 4 is 0 Å². The molecule has 1 atom stereocenters. The van der Waals surface area contributed by atoms with E-state index in [-0.39, 0.29) is 0 Å². The van der Waals surface area contributed by atoms with Gasteiger partial charge in [-0.1, -0.05) is 26.0 Å². The van der Waals surface area contributed by atoms with Crippen molar-refractivity contribution in [1.82, 2.24) is 0 Å². The van der Waals surface area contributed by atoms with Crippen molar-refractivity contribution < 1.29 is 14.6 Å². The molecular weight excluding hydrogens is 228 g/mol. The summed E-state index contributed by atoms with van der Waals surface area (Å²) in [5.74, 6) is 0.815. The van der Waals surface area contributed by atoms with Crippen LogP contribution in [0.4, 0.5) is 0 Å². The summed E-state index contributed by atoms with van der Waals surface area (Å²) in [5, 5.41) is 10.4. The van der Waals surface area contributed by atoms with E-state index in [0.717, 1.165) is 24.2 Å². The molecule has 0 radical (unpaired) electrons. The van der Waals surface area contributed by atoms with Gasteiger partial charge in [-0.2, -0.15) is 0 Å². The van der Waals surface area contributed by atoms with E-state index in [2.05, 4.69) is 0 Å². The summed E-state index contributed by atoms with van der Waals surface area (Å²) < 4.78 is 10.7. The minimum absolute atomic E-state index is 0.455. The lowest BCUT2D eigenvalue weighted by molar-refractivity contribution is -0.106. The molecule has 1 unspecified atom stereocenters. The fraction of sp³-hybridized carbons (Fsp3) is 0.600. The smallest absolute Gasteiger partial charge is 0.119 e. The zero-order valence-corrected chi connectivity index (χ0v) is 11.8. The Hall–Kier alpha value is -1.06. The summed E-state index contributed by atoms with van der Waals surface area (Å²) in [4.78, 5) is 0. The lowest BCUT2D eigenvalue weighted by Gasteiger charge is -2.35. The van der Waals surface area contributed by atoms with Gasteiger partial charge in [0.1, 0.15) is 5.75 Å². The van der Waals surface area contributed by atoms with Gasteiger partial charge in [0.15, 0.2) is 0 Å². The second-order valence-electron chi connectivity index (χ2n) is 4.55. The molecule has 0 saturated carbocycles. The monoisotopic (exact) mass is 252 g/mol. The standard InChI is InChI=1S/C15H24O3/c1-5-15(6-2,18-4)14(16)11-12-8-7-9-13(10-12)17-3/h7-10,14,16H,5-6,11H2,1-4H3. The van der Waals surface area contributed by atoms with Gasteiger partial charge in [-0.15, -0.1) is 0 Å². The summed E-state index contributed by atoms with van der Waals surface area (Å²) in [6.45, 7) is 4.09. The summed E-state index contributed by atoms with van der Waals surface area (Å²) in [6, 6.07) is 7.79. The number of ether oxygens (including phenoxy) is 2. The van der Waals surface area contributed by atoms with Crippen LogP contribution in [0.15, 0.2) is 24.3 Å². The number of aliphatic hydroxyl groups is 1. The van der Waals surface area contributed by atoms with E-state index in [4.69, 9.17) is 9.47 Å². The summed E-state index contributed by atoms with van der Waals surface area (Å²) in [5.41, 5.74) is 0.605. The predicted octanol–water partition coefficient (Wildman–Crippen LogP) is 2.80. The van der Waals surface area contributed by atoms with Crippen molar-refractivity contribution in [2.75, 3.05) is 14.2 Å². The Labute approximate surface area is 110 Å². The highest BCUT2D eigenvalue weighted by Crippen LogP contribution is 2.27. The maximum atomic E-state index is 10.4. The topological polar surface area (TPSA) is 38.7 Å². The molecule has 3 heteroatoms. The molecule has 102 valence electrons. The number of methoxy groups -OCH3 is 2. The molecule has 0 aliphatic carbocycles. The minimum atomic E-state index is -0.510. The molecule has 0 saturated heterocycles. The fourth-order valence-electron chi connectivity index (χ4n) is 2.35. The number of hydrogen-bond donors (Lipinski definition) is 1. The number of hydrogen-bond acceptors (Lipinski definition) is 3. The van der Waals surface area contributed by atoms with Gasteiger partial charge in [0.2, 0.25) is 0 Å². The van der Waals surface area contributed by atoms with Crippen LogP contribution in [0.1, 0.15) is 32.3 Å². The highest BCUT2D eigenvalue weighted by molar-refractivity contribution is 5.29. The predicted molar refractivity (Wildman–Crippen MR) is 73.0 cm³/mol. The van der Waals surface area contributed by atoms with Crippen LogP contribution in [0.25, 0.3) is 0 Å². The first-order valence-electron chi connectivity index (χ1n) is 6.48. The molecule has 0 spiro atoms. The molecule has 18 heavy (non-hydrogen) atoms. The van der Waals surface area contributed by atoms with Crippen molar-refractivity contribution in [3.8, 4) is 5.75 Å². The first-order valence-corrected chi connectivity index (χ1v) is 6.48. The van der Waals surface area contributed by atoms with Crippen LogP contribution in [0.2, 0.25) is 0 Å². The van der Waals surface area contributed by atoms with E-state index < -0.39 is 11.7 Å². The Balaban J connectivity index is 2.82. The summed E-state index contributed by atoms with van der Waals surface area (Å²) in [6.07, 6.45) is 1.66. The molecule has 0 aliphatic heterocycles. The Morgan fingerprint density at radius 2 is 1.89 bits per heavy atom. The van der Waals surface area contributed by atoms with Crippen LogP contribution < -0.4 is 4.74 Å². The SMILES string of the molecule is CCC(CC)(OC)C(O)Cc1cccc(OC)c1. The van der Waals surface area contributed by atoms with Crippen molar-refractivity contribution in [2.45, 2.75) is 44.8 Å². The Morgan fingerprint density at radius 1 is 1.22 bits per heavy atom. The zero-order valence-electron chi connectivity index (χ0n) is 11.8. The van der Waals surface area contributed by atoms with Crippen LogP contribution in [0.3, 0.4) is 0 Å². The van der Waals surface area contributed by atoms with Crippen LogP contribution in [-0.2, 0) is 11.2 Å². The normalized spacial score (nSPS) is 13.4. The molecule has 1 aromatic rings. The molecule has 0 aromatic heterocycles. The highest BCUT2D eigenvalue weighted by Gasteiger charge is 2.34. The van der Waals surface area contributed by atoms with E-state index in [1.807, 2.05) is 38.1 Å². The maximum Gasteiger partial charge on any atom is 0.119 e. The van der Waals surface area contributed by atoms with Crippen LogP contribution in [-0.4, -0.2) is 31.0 Å². The molecule has 1 rings (SSSR count). The van der Waals surface area contributed by atoms with Crippen molar-refractivity contribution in [1.29, 1.82) is 0 Å². The Bertz CT molecular complexity index is 350. The molecule has 0 bridgehead atoms. The van der Waals surface area contributed by atoms with Gasteiger partial charge >= 0.3 is 0 Å². The van der Waals surface area contributed by atoms with E-state index >= 15 is 0 Å². The second kappa shape index (κ2) is 6.76. The largest absolute Gasteiger partial charge is 0.497 e. The summed E-state index contributed by atoms with van der Waals surface area (Å²) in [7, 11) is 3.31. The molecule has 3 nitrogen and oxygen atoms in total.